The highest BCUT2D eigenvalue weighted by Gasteiger charge is 2.39. The third-order valence-corrected chi connectivity index (χ3v) is 6.35. The molecule has 32 heavy (non-hydrogen) atoms. The van der Waals surface area contributed by atoms with Crippen LogP contribution in [0.1, 0.15) is 11.3 Å². The molecule has 4 rings (SSSR count). The molecular weight excluding hydrogens is 510 g/mol. The predicted molar refractivity (Wildman–Crippen MR) is 119 cm³/mol. The van der Waals surface area contributed by atoms with Gasteiger partial charge < -0.3 is 4.42 Å². The Kier molecular flexibility index (Phi) is 6.06. The average Bonchev–Trinajstić information content (AvgIpc) is 3.28. The van der Waals surface area contributed by atoms with Gasteiger partial charge in [-0.1, -0.05) is 34.8 Å². The lowest BCUT2D eigenvalue weighted by Crippen LogP contribution is -2.28. The number of amides is 2. The van der Waals surface area contributed by atoms with Gasteiger partial charge in [0, 0.05) is 11.6 Å². The van der Waals surface area contributed by atoms with Crippen LogP contribution in [0, 0.1) is 0 Å². The Labute approximate surface area is 198 Å². The van der Waals surface area contributed by atoms with Gasteiger partial charge in [0.2, 0.25) is 0 Å². The van der Waals surface area contributed by atoms with E-state index in [-0.39, 0.29) is 16.4 Å². The van der Waals surface area contributed by atoms with Crippen LogP contribution in [0.3, 0.4) is 0 Å². The number of nitrogens with zero attached hydrogens (tertiary/aromatic N) is 1. The first-order chi connectivity index (χ1) is 15.0. The third-order valence-electron chi connectivity index (χ3n) is 4.41. The van der Waals surface area contributed by atoms with E-state index in [2.05, 4.69) is 0 Å². The first kappa shape index (κ1) is 22.8. The van der Waals surface area contributed by atoms with E-state index in [9.17, 15) is 22.8 Å². The van der Waals surface area contributed by atoms with Gasteiger partial charge in [-0.2, -0.15) is 13.2 Å². The molecule has 2 heterocycles. The summed E-state index contributed by atoms with van der Waals surface area (Å²) < 4.78 is 45.1. The number of benzene rings is 2. The number of rotatable bonds is 3. The molecule has 164 valence electrons. The van der Waals surface area contributed by atoms with Crippen molar-refractivity contribution in [2.75, 3.05) is 4.90 Å². The number of thioether (sulfide) groups is 1. The highest BCUT2D eigenvalue weighted by Crippen LogP contribution is 2.41. The summed E-state index contributed by atoms with van der Waals surface area (Å²) in [6.07, 6.45) is -3.40. The van der Waals surface area contributed by atoms with Crippen molar-refractivity contribution in [3.05, 3.63) is 79.8 Å². The van der Waals surface area contributed by atoms with Gasteiger partial charge in [-0.3, -0.25) is 9.59 Å². The lowest BCUT2D eigenvalue weighted by atomic mass is 10.1. The van der Waals surface area contributed by atoms with E-state index >= 15 is 0 Å². The summed E-state index contributed by atoms with van der Waals surface area (Å²) in [5.74, 6) is -0.0619. The molecule has 1 aliphatic heterocycles. The van der Waals surface area contributed by atoms with Crippen LogP contribution >= 0.6 is 46.6 Å². The second kappa shape index (κ2) is 8.51. The number of anilines is 1. The maximum Gasteiger partial charge on any atom is 0.417 e. The van der Waals surface area contributed by atoms with Crippen LogP contribution < -0.4 is 4.90 Å². The minimum absolute atomic E-state index is 0.00597. The molecule has 1 aromatic heterocycles. The molecule has 0 saturated carbocycles. The van der Waals surface area contributed by atoms with Crippen molar-refractivity contribution < 1.29 is 27.2 Å². The van der Waals surface area contributed by atoms with E-state index in [0.29, 0.717) is 44.1 Å². The molecule has 0 bridgehead atoms. The molecule has 2 amide bonds. The second-order valence-corrected chi connectivity index (χ2v) is 8.72. The van der Waals surface area contributed by atoms with Gasteiger partial charge in [0.05, 0.1) is 31.2 Å². The summed E-state index contributed by atoms with van der Waals surface area (Å²) in [6.45, 7) is 0. The fourth-order valence-corrected chi connectivity index (χ4v) is 4.27. The molecule has 0 atom stereocenters. The first-order valence-corrected chi connectivity index (χ1v) is 10.7. The van der Waals surface area contributed by atoms with E-state index < -0.39 is 27.9 Å². The standard InChI is InChI=1S/C21H9Cl3F3NO3S/c22-14-5-2-11(8-13(14)21(25,26)27)28-19(29)18(32-20(28)30)9-12-3-6-17(31-12)10-1-4-15(23)16(24)7-10/h1-9H/b18-9+. The second-order valence-electron chi connectivity index (χ2n) is 6.51. The zero-order valence-electron chi connectivity index (χ0n) is 15.5. The zero-order chi connectivity index (χ0) is 23.2. The predicted octanol–water partition coefficient (Wildman–Crippen LogP) is 8.17. The van der Waals surface area contributed by atoms with Crippen molar-refractivity contribution in [2.45, 2.75) is 6.18 Å². The molecule has 1 aliphatic rings. The molecule has 3 aromatic rings. The zero-order valence-corrected chi connectivity index (χ0v) is 18.6. The molecule has 0 radical (unpaired) electrons. The Morgan fingerprint density at radius 1 is 0.906 bits per heavy atom. The number of carbonyl (C=O) groups is 2. The summed E-state index contributed by atoms with van der Waals surface area (Å²) in [6, 6.07) is 11.0. The van der Waals surface area contributed by atoms with Crippen LogP contribution in [-0.2, 0) is 11.0 Å². The third kappa shape index (κ3) is 4.41. The quantitative estimate of drug-likeness (QED) is 0.328. The number of alkyl halides is 3. The smallest absolute Gasteiger partial charge is 0.417 e. The van der Waals surface area contributed by atoms with Crippen molar-refractivity contribution in [3.8, 4) is 11.3 Å². The number of furan rings is 1. The van der Waals surface area contributed by atoms with Crippen molar-refractivity contribution in [1.82, 2.24) is 0 Å². The maximum atomic E-state index is 13.1. The maximum absolute atomic E-state index is 13.1. The van der Waals surface area contributed by atoms with Crippen molar-refractivity contribution in [1.29, 1.82) is 0 Å². The van der Waals surface area contributed by atoms with Gasteiger partial charge in [-0.15, -0.1) is 0 Å². The number of halogens is 6. The van der Waals surface area contributed by atoms with E-state index in [4.69, 9.17) is 39.2 Å². The van der Waals surface area contributed by atoms with Gasteiger partial charge in [-0.05, 0) is 60.3 Å². The number of hydrogen-bond acceptors (Lipinski definition) is 4. The molecule has 0 N–H and O–H groups in total. The van der Waals surface area contributed by atoms with Gasteiger partial charge in [0.1, 0.15) is 11.5 Å². The topological polar surface area (TPSA) is 50.5 Å². The lowest BCUT2D eigenvalue weighted by Gasteiger charge is -2.16. The van der Waals surface area contributed by atoms with Crippen LogP contribution in [0.5, 0.6) is 0 Å². The molecule has 0 unspecified atom stereocenters. The largest absolute Gasteiger partial charge is 0.457 e. The summed E-state index contributed by atoms with van der Waals surface area (Å²) in [7, 11) is 0. The Morgan fingerprint density at radius 2 is 1.62 bits per heavy atom. The minimum Gasteiger partial charge on any atom is -0.457 e. The molecule has 0 aliphatic carbocycles. The van der Waals surface area contributed by atoms with Crippen molar-refractivity contribution in [3.63, 3.8) is 0 Å². The van der Waals surface area contributed by atoms with Crippen molar-refractivity contribution in [2.24, 2.45) is 0 Å². The van der Waals surface area contributed by atoms with Crippen LogP contribution in [0.15, 0.2) is 57.9 Å². The van der Waals surface area contributed by atoms with Crippen LogP contribution in [-0.4, -0.2) is 11.1 Å². The monoisotopic (exact) mass is 517 g/mol. The summed E-state index contributed by atoms with van der Waals surface area (Å²) >= 11 is 18.1. The highest BCUT2D eigenvalue weighted by atomic mass is 35.5. The van der Waals surface area contributed by atoms with Crippen LogP contribution in [0.2, 0.25) is 15.1 Å². The molecule has 2 aromatic carbocycles. The Bertz CT molecular complexity index is 1290. The highest BCUT2D eigenvalue weighted by molar-refractivity contribution is 8.19. The Balaban J connectivity index is 1.62. The average molecular weight is 519 g/mol. The van der Waals surface area contributed by atoms with Gasteiger partial charge >= 0.3 is 6.18 Å². The molecule has 1 fully saturated rings. The molecule has 4 nitrogen and oxygen atoms in total. The van der Waals surface area contributed by atoms with E-state index in [1.54, 1.807) is 30.3 Å². The summed E-state index contributed by atoms with van der Waals surface area (Å²) in [4.78, 5) is 25.8. The number of imide groups is 1. The first-order valence-electron chi connectivity index (χ1n) is 8.74. The van der Waals surface area contributed by atoms with Crippen LogP contribution in [0.25, 0.3) is 17.4 Å². The molecular formula is C21H9Cl3F3NO3S. The SMILES string of the molecule is O=C1S/C(=C/c2ccc(-c3ccc(Cl)c(Cl)c3)o2)C(=O)N1c1ccc(Cl)c(C(F)(F)F)c1. The van der Waals surface area contributed by atoms with Gasteiger partial charge in [0.15, 0.2) is 0 Å². The van der Waals surface area contributed by atoms with Gasteiger partial charge in [0.25, 0.3) is 11.1 Å². The molecule has 0 spiro atoms. The normalized spacial score (nSPS) is 15.8. The Hall–Kier alpha value is -2.39. The Morgan fingerprint density at radius 3 is 2.31 bits per heavy atom. The number of carbonyl (C=O) groups excluding carboxylic acids is 2. The minimum atomic E-state index is -4.74. The molecule has 1 saturated heterocycles. The number of hydrogen-bond donors (Lipinski definition) is 0. The van der Waals surface area contributed by atoms with Crippen LogP contribution in [0.4, 0.5) is 23.7 Å². The fourth-order valence-electron chi connectivity index (χ4n) is 2.92. The van der Waals surface area contributed by atoms with E-state index in [1.165, 1.54) is 12.1 Å². The summed E-state index contributed by atoms with van der Waals surface area (Å²) in [5.41, 5.74) is -0.728. The fraction of sp³-hybridized carbons (Fsp3) is 0.0476. The summed E-state index contributed by atoms with van der Waals surface area (Å²) in [5, 5.41) is -0.557. The van der Waals surface area contributed by atoms with E-state index in [0.717, 1.165) is 6.07 Å². The van der Waals surface area contributed by atoms with E-state index in [1.807, 2.05) is 0 Å². The molecule has 11 heteroatoms. The van der Waals surface area contributed by atoms with Crippen molar-refractivity contribution >= 4 is 69.5 Å². The lowest BCUT2D eigenvalue weighted by molar-refractivity contribution is -0.137. The van der Waals surface area contributed by atoms with Gasteiger partial charge in [-0.25, -0.2) is 4.90 Å².